The maximum atomic E-state index is 5.30. The van der Waals surface area contributed by atoms with Crippen LogP contribution in [-0.4, -0.2) is 45.3 Å². The van der Waals surface area contributed by atoms with Crippen molar-refractivity contribution in [2.45, 2.75) is 18.7 Å². The first-order valence-corrected chi connectivity index (χ1v) is 8.11. The van der Waals surface area contributed by atoms with Gasteiger partial charge in [0.1, 0.15) is 0 Å². The van der Waals surface area contributed by atoms with E-state index in [-0.39, 0.29) is 24.0 Å². The standard InChI is InChI=1S/C15H25N3O2S.HI/c1-11(21-5)9-17-15(16-2)18-10-12-6-7-13(19-3)14(8-12)20-4;/h6-8,11H,9-10H2,1-5H3,(H2,16,17,18);1H. The Kier molecular flexibility index (Phi) is 11.3. The lowest BCUT2D eigenvalue weighted by atomic mass is 10.2. The first-order chi connectivity index (χ1) is 10.1. The van der Waals surface area contributed by atoms with E-state index >= 15 is 0 Å². The van der Waals surface area contributed by atoms with Gasteiger partial charge in [0.15, 0.2) is 17.5 Å². The molecule has 5 nitrogen and oxygen atoms in total. The van der Waals surface area contributed by atoms with Gasteiger partial charge in [-0.3, -0.25) is 4.99 Å². The predicted octanol–water partition coefficient (Wildman–Crippen LogP) is 2.74. The van der Waals surface area contributed by atoms with Crippen LogP contribution in [0.15, 0.2) is 23.2 Å². The molecule has 2 N–H and O–H groups in total. The van der Waals surface area contributed by atoms with Crippen LogP contribution in [0.25, 0.3) is 0 Å². The van der Waals surface area contributed by atoms with Gasteiger partial charge in [-0.05, 0) is 24.0 Å². The number of thioether (sulfide) groups is 1. The Morgan fingerprint density at radius 2 is 1.91 bits per heavy atom. The molecule has 0 aliphatic rings. The first kappa shape index (κ1) is 21.2. The van der Waals surface area contributed by atoms with Gasteiger partial charge < -0.3 is 20.1 Å². The van der Waals surface area contributed by atoms with Gasteiger partial charge in [-0.25, -0.2) is 0 Å². The summed E-state index contributed by atoms with van der Waals surface area (Å²) in [5.41, 5.74) is 1.11. The third-order valence-corrected chi connectivity index (χ3v) is 4.06. The summed E-state index contributed by atoms with van der Waals surface area (Å²) >= 11 is 1.83. The average molecular weight is 439 g/mol. The third-order valence-electron chi connectivity index (χ3n) is 3.09. The molecule has 22 heavy (non-hydrogen) atoms. The molecule has 0 radical (unpaired) electrons. The van der Waals surface area contributed by atoms with Crippen molar-refractivity contribution in [3.63, 3.8) is 0 Å². The minimum atomic E-state index is 0. The van der Waals surface area contributed by atoms with E-state index in [9.17, 15) is 0 Å². The van der Waals surface area contributed by atoms with Crippen LogP contribution in [0.3, 0.4) is 0 Å². The lowest BCUT2D eigenvalue weighted by Gasteiger charge is -2.15. The largest absolute Gasteiger partial charge is 0.493 e. The van der Waals surface area contributed by atoms with E-state index in [2.05, 4.69) is 28.8 Å². The normalized spacial score (nSPS) is 12.1. The maximum Gasteiger partial charge on any atom is 0.191 e. The minimum absolute atomic E-state index is 0. The zero-order valence-corrected chi connectivity index (χ0v) is 17.0. The van der Waals surface area contributed by atoms with Crippen LogP contribution in [0.4, 0.5) is 0 Å². The molecular weight excluding hydrogens is 413 g/mol. The molecule has 0 saturated heterocycles. The molecule has 0 amide bonds. The number of guanidine groups is 1. The molecular formula is C15H26IN3O2S. The lowest BCUT2D eigenvalue weighted by Crippen LogP contribution is -2.39. The molecule has 0 spiro atoms. The number of methoxy groups -OCH3 is 2. The molecule has 1 aromatic carbocycles. The highest BCUT2D eigenvalue weighted by Crippen LogP contribution is 2.27. The number of aliphatic imine (C=N–C) groups is 1. The molecule has 1 aromatic rings. The molecule has 0 saturated carbocycles. The van der Waals surface area contributed by atoms with Crippen LogP contribution in [0.1, 0.15) is 12.5 Å². The Morgan fingerprint density at radius 1 is 1.23 bits per heavy atom. The highest BCUT2D eigenvalue weighted by molar-refractivity contribution is 14.0. The molecule has 0 aliphatic heterocycles. The van der Waals surface area contributed by atoms with E-state index in [0.29, 0.717) is 11.8 Å². The number of ether oxygens (including phenoxy) is 2. The van der Waals surface area contributed by atoms with Crippen molar-refractivity contribution in [3.8, 4) is 11.5 Å². The summed E-state index contributed by atoms with van der Waals surface area (Å²) in [6.45, 7) is 3.74. The maximum absolute atomic E-state index is 5.30. The fourth-order valence-electron chi connectivity index (χ4n) is 1.72. The minimum Gasteiger partial charge on any atom is -0.493 e. The Morgan fingerprint density at radius 3 is 2.45 bits per heavy atom. The van der Waals surface area contributed by atoms with Gasteiger partial charge in [-0.15, -0.1) is 24.0 Å². The fourth-order valence-corrected chi connectivity index (χ4v) is 1.97. The summed E-state index contributed by atoms with van der Waals surface area (Å²) in [6.07, 6.45) is 2.10. The number of hydrogen-bond acceptors (Lipinski definition) is 4. The molecule has 0 aromatic heterocycles. The van der Waals surface area contributed by atoms with E-state index in [0.717, 1.165) is 29.6 Å². The van der Waals surface area contributed by atoms with Gasteiger partial charge in [0, 0.05) is 25.4 Å². The van der Waals surface area contributed by atoms with Gasteiger partial charge >= 0.3 is 0 Å². The highest BCUT2D eigenvalue weighted by atomic mass is 127. The molecule has 1 unspecified atom stereocenters. The second kappa shape index (κ2) is 11.7. The van der Waals surface area contributed by atoms with Crippen molar-refractivity contribution in [3.05, 3.63) is 23.8 Å². The van der Waals surface area contributed by atoms with E-state index in [4.69, 9.17) is 9.47 Å². The summed E-state index contributed by atoms with van der Waals surface area (Å²) in [7, 11) is 5.04. The van der Waals surface area contributed by atoms with Gasteiger partial charge in [0.05, 0.1) is 14.2 Å². The topological polar surface area (TPSA) is 54.9 Å². The second-order valence-electron chi connectivity index (χ2n) is 4.54. The van der Waals surface area contributed by atoms with Crippen molar-refractivity contribution in [1.29, 1.82) is 0 Å². The van der Waals surface area contributed by atoms with Crippen molar-refractivity contribution < 1.29 is 9.47 Å². The summed E-state index contributed by atoms with van der Waals surface area (Å²) < 4.78 is 10.5. The number of hydrogen-bond donors (Lipinski definition) is 2. The molecule has 7 heteroatoms. The molecule has 0 aliphatic carbocycles. The number of halogens is 1. The third kappa shape index (κ3) is 6.95. The number of rotatable bonds is 7. The van der Waals surface area contributed by atoms with Crippen LogP contribution in [0, 0.1) is 0 Å². The summed E-state index contributed by atoms with van der Waals surface area (Å²) in [5, 5.41) is 7.14. The van der Waals surface area contributed by atoms with Gasteiger partial charge in [-0.2, -0.15) is 11.8 Å². The van der Waals surface area contributed by atoms with Gasteiger partial charge in [-0.1, -0.05) is 13.0 Å². The van der Waals surface area contributed by atoms with E-state index in [1.54, 1.807) is 21.3 Å². The Bertz CT molecular complexity index is 472. The fraction of sp³-hybridized carbons (Fsp3) is 0.533. The Balaban J connectivity index is 0.00000441. The monoisotopic (exact) mass is 439 g/mol. The van der Waals surface area contributed by atoms with Crippen LogP contribution in [0.2, 0.25) is 0 Å². The van der Waals surface area contributed by atoms with Gasteiger partial charge in [0.2, 0.25) is 0 Å². The number of benzene rings is 1. The van der Waals surface area contributed by atoms with E-state index in [1.165, 1.54) is 0 Å². The Hall–Kier alpha value is -0.830. The van der Waals surface area contributed by atoms with Crippen molar-refractivity contribution >= 4 is 41.7 Å². The van der Waals surface area contributed by atoms with E-state index in [1.807, 2.05) is 30.0 Å². The lowest BCUT2D eigenvalue weighted by molar-refractivity contribution is 0.354. The van der Waals surface area contributed by atoms with Crippen LogP contribution in [-0.2, 0) is 6.54 Å². The molecule has 0 heterocycles. The van der Waals surface area contributed by atoms with Gasteiger partial charge in [0.25, 0.3) is 0 Å². The quantitative estimate of drug-likeness (QED) is 0.389. The summed E-state index contributed by atoms with van der Waals surface area (Å²) in [6, 6.07) is 5.87. The molecule has 1 atom stereocenters. The van der Waals surface area contributed by atoms with Crippen molar-refractivity contribution in [1.82, 2.24) is 10.6 Å². The molecule has 0 fully saturated rings. The molecule has 126 valence electrons. The van der Waals surface area contributed by atoms with Crippen LogP contribution in [0.5, 0.6) is 11.5 Å². The predicted molar refractivity (Wildman–Crippen MR) is 106 cm³/mol. The first-order valence-electron chi connectivity index (χ1n) is 6.82. The van der Waals surface area contributed by atoms with Crippen molar-refractivity contribution in [2.75, 3.05) is 34.1 Å². The molecule has 0 bridgehead atoms. The Labute approximate surface area is 154 Å². The van der Waals surface area contributed by atoms with Crippen LogP contribution >= 0.6 is 35.7 Å². The smallest absolute Gasteiger partial charge is 0.191 e. The van der Waals surface area contributed by atoms with E-state index < -0.39 is 0 Å². The van der Waals surface area contributed by atoms with Crippen LogP contribution < -0.4 is 20.1 Å². The summed E-state index contributed by atoms with van der Waals surface area (Å²) in [4.78, 5) is 4.21. The zero-order valence-electron chi connectivity index (χ0n) is 13.8. The average Bonchev–Trinajstić information content (AvgIpc) is 2.54. The highest BCUT2D eigenvalue weighted by Gasteiger charge is 2.06. The number of nitrogens with zero attached hydrogens (tertiary/aromatic N) is 1. The van der Waals surface area contributed by atoms with Crippen molar-refractivity contribution in [2.24, 2.45) is 4.99 Å². The zero-order chi connectivity index (χ0) is 15.7. The number of nitrogens with one attached hydrogen (secondary N) is 2. The SMILES string of the molecule is CN=C(NCc1ccc(OC)c(OC)c1)NCC(C)SC.I. The summed E-state index contributed by atoms with van der Waals surface area (Å²) in [5.74, 6) is 2.26. The molecule has 1 rings (SSSR count). The second-order valence-corrected chi connectivity index (χ2v) is 5.82.